The van der Waals surface area contributed by atoms with E-state index in [1.165, 1.54) is 12.1 Å². The van der Waals surface area contributed by atoms with Gasteiger partial charge >= 0.3 is 0 Å². The van der Waals surface area contributed by atoms with Gasteiger partial charge in [-0.15, -0.1) is 0 Å². The predicted octanol–water partition coefficient (Wildman–Crippen LogP) is 5.09. The normalized spacial score (nSPS) is 11.1. The van der Waals surface area contributed by atoms with Gasteiger partial charge in [0.1, 0.15) is 6.54 Å². The van der Waals surface area contributed by atoms with Crippen molar-refractivity contribution in [2.75, 3.05) is 16.2 Å². The summed E-state index contributed by atoms with van der Waals surface area (Å²) in [5.41, 5.74) is 1.64. The molecule has 0 saturated heterocycles. The molecule has 3 aromatic rings. The third-order valence-electron chi connectivity index (χ3n) is 4.19. The molecule has 0 aliphatic rings. The van der Waals surface area contributed by atoms with E-state index in [1.807, 2.05) is 12.1 Å². The molecule has 0 fully saturated rings. The number of sulfonamides is 1. The van der Waals surface area contributed by atoms with Crippen molar-refractivity contribution in [2.24, 2.45) is 0 Å². The summed E-state index contributed by atoms with van der Waals surface area (Å²) < 4.78 is 28.8. The second-order valence-electron chi connectivity index (χ2n) is 6.31. The van der Waals surface area contributed by atoms with Crippen LogP contribution in [0.1, 0.15) is 5.56 Å². The van der Waals surface area contributed by atoms with Gasteiger partial charge in [0, 0.05) is 14.3 Å². The van der Waals surface area contributed by atoms with E-state index in [0.29, 0.717) is 22.0 Å². The van der Waals surface area contributed by atoms with Gasteiger partial charge in [0.25, 0.3) is 10.0 Å². The van der Waals surface area contributed by atoms with Crippen molar-refractivity contribution < 1.29 is 13.2 Å². The maximum absolute atomic E-state index is 13.3. The highest BCUT2D eigenvalue weighted by Gasteiger charge is 2.28. The lowest BCUT2D eigenvalue weighted by atomic mass is 10.2. The minimum atomic E-state index is -3.97. The number of aryl methyl sites for hydroxylation is 1. The van der Waals surface area contributed by atoms with Crippen LogP contribution in [-0.2, 0) is 14.8 Å². The van der Waals surface area contributed by atoms with Crippen LogP contribution >= 0.6 is 34.2 Å². The Bertz CT molecular complexity index is 1120. The van der Waals surface area contributed by atoms with Crippen LogP contribution in [0.5, 0.6) is 0 Å². The van der Waals surface area contributed by atoms with Gasteiger partial charge in [0.2, 0.25) is 5.91 Å². The first-order chi connectivity index (χ1) is 13.8. The van der Waals surface area contributed by atoms with Gasteiger partial charge in [-0.05, 0) is 83.6 Å². The molecule has 0 saturated carbocycles. The fraction of sp³-hybridized carbons (Fsp3) is 0.0952. The van der Waals surface area contributed by atoms with Crippen molar-refractivity contribution >= 4 is 61.5 Å². The van der Waals surface area contributed by atoms with Gasteiger partial charge in [-0.25, -0.2) is 8.42 Å². The van der Waals surface area contributed by atoms with Crippen LogP contribution < -0.4 is 9.62 Å². The van der Waals surface area contributed by atoms with Gasteiger partial charge in [0.05, 0.1) is 10.6 Å². The number of amides is 1. The summed E-state index contributed by atoms with van der Waals surface area (Å²) in [4.78, 5) is 12.8. The largest absolute Gasteiger partial charge is 0.325 e. The lowest BCUT2D eigenvalue weighted by Crippen LogP contribution is -2.38. The number of hydrogen-bond donors (Lipinski definition) is 1. The van der Waals surface area contributed by atoms with Crippen LogP contribution in [0.3, 0.4) is 0 Å². The Morgan fingerprint density at radius 3 is 2.34 bits per heavy atom. The Morgan fingerprint density at radius 1 is 1.03 bits per heavy atom. The minimum absolute atomic E-state index is 0.0986. The van der Waals surface area contributed by atoms with Crippen molar-refractivity contribution in [2.45, 2.75) is 11.8 Å². The van der Waals surface area contributed by atoms with Gasteiger partial charge in [-0.3, -0.25) is 9.10 Å². The Hall–Kier alpha value is -2.10. The smallest absolute Gasteiger partial charge is 0.264 e. The zero-order chi connectivity index (χ0) is 21.0. The first kappa shape index (κ1) is 21.6. The number of nitrogens with zero attached hydrogens (tertiary/aromatic N) is 1. The van der Waals surface area contributed by atoms with Crippen LogP contribution in [0.15, 0.2) is 77.7 Å². The molecule has 0 heterocycles. The number of hydrogen-bond acceptors (Lipinski definition) is 3. The SMILES string of the molecule is Cc1ccc(Cl)cc1N(CC(=O)Nc1ccc(I)cc1)S(=O)(=O)c1ccccc1. The second-order valence-corrected chi connectivity index (χ2v) is 9.85. The van der Waals surface area contributed by atoms with Crippen molar-refractivity contribution in [1.82, 2.24) is 0 Å². The van der Waals surface area contributed by atoms with Crippen molar-refractivity contribution in [1.29, 1.82) is 0 Å². The molecule has 0 aromatic heterocycles. The molecule has 8 heteroatoms. The molecule has 3 aromatic carbocycles. The number of rotatable bonds is 6. The summed E-state index contributed by atoms with van der Waals surface area (Å²) in [5.74, 6) is -0.454. The molecular formula is C21H18ClIN2O3S. The van der Waals surface area contributed by atoms with E-state index in [2.05, 4.69) is 27.9 Å². The quantitative estimate of drug-likeness (QED) is 0.443. The molecule has 0 bridgehead atoms. The molecule has 0 atom stereocenters. The Kier molecular flexibility index (Phi) is 6.81. The first-order valence-electron chi connectivity index (χ1n) is 8.67. The van der Waals surface area contributed by atoms with E-state index >= 15 is 0 Å². The zero-order valence-corrected chi connectivity index (χ0v) is 19.2. The van der Waals surface area contributed by atoms with E-state index in [9.17, 15) is 13.2 Å². The van der Waals surface area contributed by atoms with Crippen LogP contribution in [0, 0.1) is 10.5 Å². The van der Waals surface area contributed by atoms with Crippen molar-refractivity contribution in [3.63, 3.8) is 0 Å². The van der Waals surface area contributed by atoms with E-state index < -0.39 is 15.9 Å². The van der Waals surface area contributed by atoms with E-state index in [-0.39, 0.29) is 11.4 Å². The first-order valence-corrected chi connectivity index (χ1v) is 11.6. The highest BCUT2D eigenvalue weighted by Crippen LogP contribution is 2.29. The molecule has 150 valence electrons. The summed E-state index contributed by atoms with van der Waals surface area (Å²) in [6, 6.07) is 20.2. The zero-order valence-electron chi connectivity index (χ0n) is 15.5. The van der Waals surface area contributed by atoms with Gasteiger partial charge in [-0.1, -0.05) is 35.9 Å². The third-order valence-corrected chi connectivity index (χ3v) is 6.91. The number of carbonyl (C=O) groups excluding carboxylic acids is 1. The number of benzene rings is 3. The number of nitrogens with one attached hydrogen (secondary N) is 1. The predicted molar refractivity (Wildman–Crippen MR) is 125 cm³/mol. The molecule has 0 aliphatic carbocycles. The van der Waals surface area contributed by atoms with Crippen LogP contribution in [-0.4, -0.2) is 20.9 Å². The molecule has 5 nitrogen and oxygen atoms in total. The number of carbonyl (C=O) groups is 1. The van der Waals surface area contributed by atoms with Gasteiger partial charge in [-0.2, -0.15) is 0 Å². The van der Waals surface area contributed by atoms with E-state index in [4.69, 9.17) is 11.6 Å². The minimum Gasteiger partial charge on any atom is -0.325 e. The fourth-order valence-electron chi connectivity index (χ4n) is 2.73. The van der Waals surface area contributed by atoms with Gasteiger partial charge < -0.3 is 5.32 Å². The Morgan fingerprint density at radius 2 is 1.69 bits per heavy atom. The maximum atomic E-state index is 13.3. The highest BCUT2D eigenvalue weighted by molar-refractivity contribution is 14.1. The molecule has 0 spiro atoms. The third kappa shape index (κ3) is 5.29. The summed E-state index contributed by atoms with van der Waals surface area (Å²) in [7, 11) is -3.97. The molecule has 1 amide bonds. The van der Waals surface area contributed by atoms with E-state index in [1.54, 1.807) is 55.5 Å². The summed E-state index contributed by atoms with van der Waals surface area (Å²) >= 11 is 8.28. The average Bonchev–Trinajstić information content (AvgIpc) is 2.70. The molecule has 0 radical (unpaired) electrons. The number of anilines is 2. The molecule has 0 aliphatic heterocycles. The highest BCUT2D eigenvalue weighted by atomic mass is 127. The van der Waals surface area contributed by atoms with E-state index in [0.717, 1.165) is 7.88 Å². The summed E-state index contributed by atoms with van der Waals surface area (Å²) in [6.45, 7) is 1.39. The van der Waals surface area contributed by atoms with Crippen molar-refractivity contribution in [3.05, 3.63) is 87.0 Å². The summed E-state index contributed by atoms with van der Waals surface area (Å²) in [5, 5.41) is 3.13. The standard InChI is InChI=1S/C21H18ClIN2O3S/c1-15-7-8-16(22)13-20(15)25(29(27,28)19-5-3-2-4-6-19)14-21(26)24-18-11-9-17(23)10-12-18/h2-13H,14H2,1H3,(H,24,26). The molecule has 0 unspecified atom stereocenters. The molecule has 3 rings (SSSR count). The Balaban J connectivity index is 1.98. The van der Waals surface area contributed by atoms with Gasteiger partial charge in [0.15, 0.2) is 0 Å². The second kappa shape index (κ2) is 9.15. The number of halogens is 2. The Labute approximate surface area is 188 Å². The lowest BCUT2D eigenvalue weighted by molar-refractivity contribution is -0.114. The lowest BCUT2D eigenvalue weighted by Gasteiger charge is -2.26. The maximum Gasteiger partial charge on any atom is 0.264 e. The summed E-state index contributed by atoms with van der Waals surface area (Å²) in [6.07, 6.45) is 0. The molecule has 29 heavy (non-hydrogen) atoms. The molecule has 1 N–H and O–H groups in total. The van der Waals surface area contributed by atoms with Crippen LogP contribution in [0.2, 0.25) is 5.02 Å². The molecular weight excluding hydrogens is 523 g/mol. The monoisotopic (exact) mass is 540 g/mol. The van der Waals surface area contributed by atoms with Crippen LogP contribution in [0.25, 0.3) is 0 Å². The topological polar surface area (TPSA) is 66.5 Å². The van der Waals surface area contributed by atoms with Crippen LogP contribution in [0.4, 0.5) is 11.4 Å². The fourth-order valence-corrected chi connectivity index (χ4v) is 4.76. The van der Waals surface area contributed by atoms with Crippen molar-refractivity contribution in [3.8, 4) is 0 Å². The average molecular weight is 541 g/mol.